The van der Waals surface area contributed by atoms with Gasteiger partial charge in [-0.05, 0) is 30.9 Å². The lowest BCUT2D eigenvalue weighted by Gasteiger charge is -2.10. The van der Waals surface area contributed by atoms with Crippen LogP contribution in [-0.2, 0) is 11.3 Å². The molecule has 0 bridgehead atoms. The van der Waals surface area contributed by atoms with Gasteiger partial charge >= 0.3 is 5.97 Å². The van der Waals surface area contributed by atoms with E-state index < -0.39 is 5.97 Å². The molecule has 0 saturated heterocycles. The second kappa shape index (κ2) is 8.82. The minimum atomic E-state index is -0.729. The van der Waals surface area contributed by atoms with E-state index in [1.807, 2.05) is 12.1 Å². The Morgan fingerprint density at radius 1 is 1.03 bits per heavy atom. The van der Waals surface area contributed by atoms with Gasteiger partial charge in [0.15, 0.2) is 18.1 Å². The first kappa shape index (κ1) is 20.5. The van der Waals surface area contributed by atoms with Crippen molar-refractivity contribution in [2.24, 2.45) is 0 Å². The third-order valence-electron chi connectivity index (χ3n) is 5.11. The van der Waals surface area contributed by atoms with Gasteiger partial charge in [0.05, 0.1) is 5.39 Å². The van der Waals surface area contributed by atoms with Gasteiger partial charge in [-0.25, -0.2) is 9.48 Å². The molecule has 6 nitrogen and oxygen atoms in total. The monoisotopic (exact) mass is 392 g/mol. The maximum absolute atomic E-state index is 12.6. The van der Waals surface area contributed by atoms with Gasteiger partial charge in [-0.2, -0.15) is 5.10 Å². The summed E-state index contributed by atoms with van der Waals surface area (Å²) in [6.45, 7) is 5.95. The van der Waals surface area contributed by atoms with Crippen molar-refractivity contribution in [3.05, 3.63) is 75.7 Å². The lowest BCUT2D eigenvalue weighted by atomic mass is 9.97. The predicted octanol–water partition coefficient (Wildman–Crippen LogP) is 3.97. The normalized spacial score (nSPS) is 12.0. The van der Waals surface area contributed by atoms with Crippen LogP contribution in [0.25, 0.3) is 10.8 Å². The van der Waals surface area contributed by atoms with Crippen LogP contribution in [0.3, 0.4) is 0 Å². The Morgan fingerprint density at radius 3 is 2.31 bits per heavy atom. The summed E-state index contributed by atoms with van der Waals surface area (Å²) in [4.78, 5) is 37.4. The summed E-state index contributed by atoms with van der Waals surface area (Å²) in [6, 6.07) is 14.1. The highest BCUT2D eigenvalue weighted by Crippen LogP contribution is 2.19. The standard InChI is InChI=1S/C23H24N2O4/c1-4-15(3)16-10-12-17(13-11-16)20(26)14-29-23(28)21-18-8-6-7-9-19(18)22(27)25(5-2)24-21/h6-13,15H,4-5,14H2,1-3H3/t15-/m1/s1. The van der Waals surface area contributed by atoms with Crippen molar-refractivity contribution in [2.45, 2.75) is 39.7 Å². The van der Waals surface area contributed by atoms with E-state index in [1.54, 1.807) is 43.3 Å². The van der Waals surface area contributed by atoms with Crippen LogP contribution in [0.4, 0.5) is 0 Å². The van der Waals surface area contributed by atoms with Gasteiger partial charge in [-0.15, -0.1) is 0 Å². The highest BCUT2D eigenvalue weighted by Gasteiger charge is 2.19. The summed E-state index contributed by atoms with van der Waals surface area (Å²) in [7, 11) is 0. The van der Waals surface area contributed by atoms with Crippen LogP contribution >= 0.6 is 0 Å². The average Bonchev–Trinajstić information content (AvgIpc) is 2.77. The lowest BCUT2D eigenvalue weighted by Crippen LogP contribution is -2.26. The molecule has 0 fully saturated rings. The number of carbonyl (C=O) groups excluding carboxylic acids is 2. The van der Waals surface area contributed by atoms with Crippen LogP contribution < -0.4 is 5.56 Å². The molecule has 0 N–H and O–H groups in total. The summed E-state index contributed by atoms with van der Waals surface area (Å²) < 4.78 is 6.44. The fourth-order valence-electron chi connectivity index (χ4n) is 3.12. The maximum Gasteiger partial charge on any atom is 0.359 e. The molecule has 0 aliphatic heterocycles. The number of hydrogen-bond acceptors (Lipinski definition) is 5. The molecule has 1 heterocycles. The van der Waals surface area contributed by atoms with Crippen LogP contribution in [0.15, 0.2) is 53.3 Å². The number of nitrogens with zero attached hydrogens (tertiary/aromatic N) is 2. The summed E-state index contributed by atoms with van der Waals surface area (Å²) in [5.41, 5.74) is 1.42. The Hall–Kier alpha value is -3.28. The van der Waals surface area contributed by atoms with Gasteiger partial charge in [0.25, 0.3) is 5.56 Å². The SMILES string of the molecule is CC[C@@H](C)c1ccc(C(=O)COC(=O)c2nn(CC)c(=O)c3ccccc23)cc1. The highest BCUT2D eigenvalue weighted by molar-refractivity contribution is 6.04. The van der Waals surface area contributed by atoms with Gasteiger partial charge in [0, 0.05) is 17.5 Å². The minimum absolute atomic E-state index is 0.0296. The first-order valence-electron chi connectivity index (χ1n) is 9.76. The fraction of sp³-hybridized carbons (Fsp3) is 0.304. The molecule has 1 aromatic heterocycles. The van der Waals surface area contributed by atoms with Crippen LogP contribution in [0, 0.1) is 0 Å². The molecule has 0 radical (unpaired) electrons. The van der Waals surface area contributed by atoms with E-state index in [0.29, 0.717) is 28.8 Å². The van der Waals surface area contributed by atoms with Crippen molar-refractivity contribution in [3.63, 3.8) is 0 Å². The Balaban J connectivity index is 1.78. The highest BCUT2D eigenvalue weighted by atomic mass is 16.5. The zero-order chi connectivity index (χ0) is 21.0. The summed E-state index contributed by atoms with van der Waals surface area (Å²) in [5, 5.41) is 4.93. The first-order valence-corrected chi connectivity index (χ1v) is 9.76. The van der Waals surface area contributed by atoms with Crippen LogP contribution in [0.5, 0.6) is 0 Å². The number of rotatable bonds is 7. The van der Waals surface area contributed by atoms with Crippen LogP contribution in [0.2, 0.25) is 0 Å². The molecule has 1 atom stereocenters. The summed E-state index contributed by atoms with van der Waals surface area (Å²) in [6.07, 6.45) is 1.02. The number of hydrogen-bond donors (Lipinski definition) is 0. The van der Waals surface area contributed by atoms with E-state index in [1.165, 1.54) is 10.2 Å². The maximum atomic E-state index is 12.6. The second-order valence-corrected chi connectivity index (χ2v) is 6.95. The third kappa shape index (κ3) is 4.26. The fourth-order valence-corrected chi connectivity index (χ4v) is 3.12. The number of benzene rings is 2. The molecule has 0 aliphatic rings. The van der Waals surface area contributed by atoms with E-state index in [2.05, 4.69) is 18.9 Å². The van der Waals surface area contributed by atoms with E-state index in [9.17, 15) is 14.4 Å². The molecule has 3 aromatic rings. The molecule has 0 amide bonds. The van der Waals surface area contributed by atoms with E-state index >= 15 is 0 Å². The molecule has 2 aromatic carbocycles. The Morgan fingerprint density at radius 2 is 1.69 bits per heavy atom. The molecule has 0 aliphatic carbocycles. The molecule has 0 unspecified atom stereocenters. The van der Waals surface area contributed by atoms with Crippen LogP contribution in [0.1, 0.15) is 59.5 Å². The second-order valence-electron chi connectivity index (χ2n) is 6.95. The van der Waals surface area contributed by atoms with Crippen molar-refractivity contribution in [1.29, 1.82) is 0 Å². The van der Waals surface area contributed by atoms with E-state index in [0.717, 1.165) is 6.42 Å². The van der Waals surface area contributed by atoms with E-state index in [-0.39, 0.29) is 23.6 Å². The Labute approximate surface area is 169 Å². The number of aryl methyl sites for hydroxylation is 1. The quantitative estimate of drug-likeness (QED) is 0.449. The average molecular weight is 392 g/mol. The van der Waals surface area contributed by atoms with Gasteiger partial charge in [0.1, 0.15) is 0 Å². The lowest BCUT2D eigenvalue weighted by molar-refractivity contribution is 0.0468. The number of ketones is 1. The van der Waals surface area contributed by atoms with Crippen LogP contribution in [-0.4, -0.2) is 28.1 Å². The molecular weight excluding hydrogens is 368 g/mol. The zero-order valence-electron chi connectivity index (χ0n) is 16.8. The largest absolute Gasteiger partial charge is 0.452 e. The van der Waals surface area contributed by atoms with Crippen molar-refractivity contribution < 1.29 is 14.3 Å². The van der Waals surface area contributed by atoms with Gasteiger partial charge in [-0.3, -0.25) is 9.59 Å². The predicted molar refractivity (Wildman–Crippen MR) is 111 cm³/mol. The molecular formula is C23H24N2O4. The van der Waals surface area contributed by atoms with Gasteiger partial charge < -0.3 is 4.74 Å². The topological polar surface area (TPSA) is 78.3 Å². The van der Waals surface area contributed by atoms with Gasteiger partial charge in [0.2, 0.25) is 0 Å². The third-order valence-corrected chi connectivity index (χ3v) is 5.11. The van der Waals surface area contributed by atoms with Crippen molar-refractivity contribution in [3.8, 4) is 0 Å². The molecule has 6 heteroatoms. The van der Waals surface area contributed by atoms with E-state index in [4.69, 9.17) is 4.74 Å². The zero-order valence-corrected chi connectivity index (χ0v) is 16.8. The molecule has 29 heavy (non-hydrogen) atoms. The number of fused-ring (bicyclic) bond motifs is 1. The number of Topliss-reactive ketones (excluding diaryl/α,β-unsaturated/α-hetero) is 1. The van der Waals surface area contributed by atoms with Crippen molar-refractivity contribution in [2.75, 3.05) is 6.61 Å². The molecule has 0 spiro atoms. The molecule has 150 valence electrons. The summed E-state index contributed by atoms with van der Waals surface area (Å²) in [5.74, 6) is -0.597. The first-order chi connectivity index (χ1) is 14.0. The summed E-state index contributed by atoms with van der Waals surface area (Å²) >= 11 is 0. The molecule has 3 rings (SSSR count). The Bertz CT molecular complexity index is 1100. The number of aromatic nitrogens is 2. The number of ether oxygens (including phenoxy) is 1. The number of carbonyl (C=O) groups is 2. The van der Waals surface area contributed by atoms with Gasteiger partial charge in [-0.1, -0.05) is 56.3 Å². The smallest absolute Gasteiger partial charge is 0.359 e. The minimum Gasteiger partial charge on any atom is -0.452 e. The number of esters is 1. The van der Waals surface area contributed by atoms with Crippen molar-refractivity contribution >= 4 is 22.5 Å². The Kier molecular flexibility index (Phi) is 6.22. The molecule has 0 saturated carbocycles. The van der Waals surface area contributed by atoms with Crippen molar-refractivity contribution in [1.82, 2.24) is 9.78 Å².